The van der Waals surface area contributed by atoms with E-state index in [1.165, 1.54) is 0 Å². The van der Waals surface area contributed by atoms with Crippen LogP contribution in [-0.4, -0.2) is 34.6 Å². The third kappa shape index (κ3) is 3.81. The van der Waals surface area contributed by atoms with Crippen molar-refractivity contribution in [3.8, 4) is 0 Å². The number of imide groups is 1. The highest BCUT2D eigenvalue weighted by Crippen LogP contribution is 2.19. The molecule has 0 aromatic carbocycles. The van der Waals surface area contributed by atoms with Crippen molar-refractivity contribution in [2.24, 2.45) is 5.92 Å². The second-order valence-electron chi connectivity index (χ2n) is 5.04. The fourth-order valence-electron chi connectivity index (χ4n) is 1.54. The fourth-order valence-corrected chi connectivity index (χ4v) is 1.54. The van der Waals surface area contributed by atoms with Crippen molar-refractivity contribution in [2.75, 3.05) is 0 Å². The first kappa shape index (κ1) is 13.6. The maximum atomic E-state index is 11.5. The van der Waals surface area contributed by atoms with Gasteiger partial charge in [0, 0.05) is 6.42 Å². The Kier molecular flexibility index (Phi) is 3.87. The zero-order chi connectivity index (χ0) is 13.2. The summed E-state index contributed by atoms with van der Waals surface area (Å²) in [7, 11) is 0. The fraction of sp³-hybridized carbons (Fsp3) is 0.727. The van der Waals surface area contributed by atoms with Crippen LogP contribution >= 0.6 is 0 Å². The predicted molar refractivity (Wildman–Crippen MR) is 57.7 cm³/mol. The van der Waals surface area contributed by atoms with Gasteiger partial charge in [0.05, 0.1) is 5.92 Å². The van der Waals surface area contributed by atoms with E-state index in [2.05, 4.69) is 5.32 Å². The average molecular weight is 243 g/mol. The van der Waals surface area contributed by atoms with Crippen LogP contribution < -0.4 is 5.32 Å². The standard InChI is InChI=1S/C11H17NO5/c1-11(2,3)17-10(16)8(14)6-4-5-7(13)12-9(6)15/h6,8,14H,4-5H2,1-3H3,(H,12,13,15). The van der Waals surface area contributed by atoms with E-state index in [0.717, 1.165) is 0 Å². The van der Waals surface area contributed by atoms with Crippen molar-refractivity contribution < 1.29 is 24.2 Å². The zero-order valence-corrected chi connectivity index (χ0v) is 10.1. The molecule has 96 valence electrons. The van der Waals surface area contributed by atoms with E-state index in [0.29, 0.717) is 0 Å². The molecule has 0 aliphatic carbocycles. The summed E-state index contributed by atoms with van der Waals surface area (Å²) in [5.41, 5.74) is -0.723. The lowest BCUT2D eigenvalue weighted by atomic mass is 9.92. The van der Waals surface area contributed by atoms with Gasteiger partial charge in [0.1, 0.15) is 5.60 Å². The van der Waals surface area contributed by atoms with Crippen LogP contribution in [0.1, 0.15) is 33.6 Å². The molecular weight excluding hydrogens is 226 g/mol. The topological polar surface area (TPSA) is 92.7 Å². The van der Waals surface area contributed by atoms with Gasteiger partial charge in [-0.3, -0.25) is 14.9 Å². The molecule has 0 saturated carbocycles. The van der Waals surface area contributed by atoms with E-state index in [-0.39, 0.29) is 18.7 Å². The normalized spacial score (nSPS) is 22.9. The van der Waals surface area contributed by atoms with Crippen molar-refractivity contribution in [1.29, 1.82) is 0 Å². The van der Waals surface area contributed by atoms with Gasteiger partial charge in [-0.2, -0.15) is 0 Å². The smallest absolute Gasteiger partial charge is 0.336 e. The second kappa shape index (κ2) is 4.83. The van der Waals surface area contributed by atoms with Crippen LogP contribution in [0.5, 0.6) is 0 Å². The molecule has 2 atom stereocenters. The summed E-state index contributed by atoms with van der Waals surface area (Å²) in [4.78, 5) is 33.9. The number of piperidine rings is 1. The molecule has 0 bridgehead atoms. The number of rotatable bonds is 2. The Morgan fingerprint density at radius 1 is 1.47 bits per heavy atom. The number of hydrogen-bond acceptors (Lipinski definition) is 5. The van der Waals surface area contributed by atoms with Gasteiger partial charge in [-0.1, -0.05) is 0 Å². The quantitative estimate of drug-likeness (QED) is 0.515. The minimum Gasteiger partial charge on any atom is -0.458 e. The first-order valence-corrected chi connectivity index (χ1v) is 5.45. The summed E-state index contributed by atoms with van der Waals surface area (Å²) < 4.78 is 4.97. The van der Waals surface area contributed by atoms with Crippen LogP contribution in [0.15, 0.2) is 0 Å². The molecule has 1 saturated heterocycles. The summed E-state index contributed by atoms with van der Waals surface area (Å²) >= 11 is 0. The van der Waals surface area contributed by atoms with Crippen LogP contribution in [0.2, 0.25) is 0 Å². The first-order valence-electron chi connectivity index (χ1n) is 5.45. The van der Waals surface area contributed by atoms with Gasteiger partial charge < -0.3 is 9.84 Å². The molecule has 0 aromatic heterocycles. The third-order valence-electron chi connectivity index (χ3n) is 2.31. The second-order valence-corrected chi connectivity index (χ2v) is 5.04. The van der Waals surface area contributed by atoms with Crippen LogP contribution in [0, 0.1) is 5.92 Å². The molecule has 6 heteroatoms. The van der Waals surface area contributed by atoms with Gasteiger partial charge in [-0.05, 0) is 27.2 Å². The SMILES string of the molecule is CC(C)(C)OC(=O)C(O)C1CCC(=O)NC1=O. The third-order valence-corrected chi connectivity index (χ3v) is 2.31. The molecule has 2 unspecified atom stereocenters. The molecule has 17 heavy (non-hydrogen) atoms. The molecule has 1 aliphatic heterocycles. The Morgan fingerprint density at radius 3 is 2.53 bits per heavy atom. The number of amides is 2. The number of aliphatic hydroxyl groups is 1. The van der Waals surface area contributed by atoms with Crippen molar-refractivity contribution in [3.63, 3.8) is 0 Å². The average Bonchev–Trinajstić information content (AvgIpc) is 2.14. The summed E-state index contributed by atoms with van der Waals surface area (Å²) in [5.74, 6) is -2.77. The van der Waals surface area contributed by atoms with Gasteiger partial charge in [-0.15, -0.1) is 0 Å². The molecule has 1 fully saturated rings. The zero-order valence-electron chi connectivity index (χ0n) is 10.1. The van der Waals surface area contributed by atoms with Crippen molar-refractivity contribution >= 4 is 17.8 Å². The highest BCUT2D eigenvalue weighted by atomic mass is 16.6. The van der Waals surface area contributed by atoms with Gasteiger partial charge in [0.15, 0.2) is 6.10 Å². The molecule has 0 aromatic rings. The lowest BCUT2D eigenvalue weighted by Crippen LogP contribution is -2.48. The predicted octanol–water partition coefficient (Wildman–Crippen LogP) is -0.258. The minimum atomic E-state index is -1.53. The number of carbonyl (C=O) groups is 3. The molecule has 2 N–H and O–H groups in total. The maximum Gasteiger partial charge on any atom is 0.336 e. The maximum absolute atomic E-state index is 11.5. The van der Waals surface area contributed by atoms with Gasteiger partial charge >= 0.3 is 5.97 Å². The molecule has 6 nitrogen and oxygen atoms in total. The number of ether oxygens (including phenoxy) is 1. The molecule has 1 aliphatic rings. The van der Waals surface area contributed by atoms with Crippen LogP contribution in [-0.2, 0) is 19.1 Å². The van der Waals surface area contributed by atoms with Gasteiger partial charge in [-0.25, -0.2) is 4.79 Å². The van der Waals surface area contributed by atoms with Crippen molar-refractivity contribution in [3.05, 3.63) is 0 Å². The number of aliphatic hydroxyl groups excluding tert-OH is 1. The van der Waals surface area contributed by atoms with Crippen LogP contribution in [0.3, 0.4) is 0 Å². The number of carbonyl (C=O) groups excluding carboxylic acids is 3. The summed E-state index contributed by atoms with van der Waals surface area (Å²) in [6.45, 7) is 5.01. The molecule has 0 spiro atoms. The molecular formula is C11H17NO5. The Balaban J connectivity index is 2.63. The van der Waals surface area contributed by atoms with E-state index >= 15 is 0 Å². The summed E-state index contributed by atoms with van der Waals surface area (Å²) in [6.07, 6.45) is -1.25. The Bertz CT molecular complexity index is 344. The highest BCUT2D eigenvalue weighted by Gasteiger charge is 2.38. The monoisotopic (exact) mass is 243 g/mol. The summed E-state index contributed by atoms with van der Waals surface area (Å²) in [6, 6.07) is 0. The number of esters is 1. The van der Waals surface area contributed by atoms with Gasteiger partial charge in [0.25, 0.3) is 0 Å². The van der Waals surface area contributed by atoms with E-state index < -0.39 is 29.5 Å². The van der Waals surface area contributed by atoms with E-state index in [4.69, 9.17) is 4.74 Å². The minimum absolute atomic E-state index is 0.121. The van der Waals surface area contributed by atoms with Crippen LogP contribution in [0.4, 0.5) is 0 Å². The first-order chi connectivity index (χ1) is 7.70. The highest BCUT2D eigenvalue weighted by molar-refractivity contribution is 6.00. The molecule has 2 amide bonds. The molecule has 1 rings (SSSR count). The van der Waals surface area contributed by atoms with Gasteiger partial charge in [0.2, 0.25) is 11.8 Å². The number of nitrogens with one attached hydrogen (secondary N) is 1. The molecule has 1 heterocycles. The van der Waals surface area contributed by atoms with E-state index in [9.17, 15) is 19.5 Å². The Labute approximate surface area is 99.3 Å². The van der Waals surface area contributed by atoms with Crippen molar-refractivity contribution in [1.82, 2.24) is 5.32 Å². The molecule has 0 radical (unpaired) electrons. The lowest BCUT2D eigenvalue weighted by molar-refractivity contribution is -0.171. The van der Waals surface area contributed by atoms with E-state index in [1.54, 1.807) is 20.8 Å². The summed E-state index contributed by atoms with van der Waals surface area (Å²) in [5, 5.41) is 11.8. The Morgan fingerprint density at radius 2 is 2.06 bits per heavy atom. The van der Waals surface area contributed by atoms with Crippen LogP contribution in [0.25, 0.3) is 0 Å². The lowest BCUT2D eigenvalue weighted by Gasteiger charge is -2.27. The Hall–Kier alpha value is -1.43. The van der Waals surface area contributed by atoms with Crippen molar-refractivity contribution in [2.45, 2.75) is 45.3 Å². The van der Waals surface area contributed by atoms with E-state index in [1.807, 2.05) is 0 Å². The largest absolute Gasteiger partial charge is 0.458 e. The number of hydrogen-bond donors (Lipinski definition) is 2.